The molecule has 0 unspecified atom stereocenters. The number of hydrogen-bond acceptors (Lipinski definition) is 3. The Morgan fingerprint density at radius 2 is 1.64 bits per heavy atom. The lowest BCUT2D eigenvalue weighted by Gasteiger charge is -2.17. The van der Waals surface area contributed by atoms with Crippen LogP contribution in [-0.2, 0) is 22.8 Å². The van der Waals surface area contributed by atoms with Crippen LogP contribution in [0.1, 0.15) is 11.1 Å². The predicted molar refractivity (Wildman–Crippen MR) is 103 cm³/mol. The molecule has 5 nitrogen and oxygen atoms in total. The molecule has 0 aliphatic carbocycles. The van der Waals surface area contributed by atoms with Gasteiger partial charge in [-0.1, -0.05) is 42.5 Å². The van der Waals surface area contributed by atoms with E-state index in [4.69, 9.17) is 0 Å². The summed E-state index contributed by atoms with van der Waals surface area (Å²) in [6, 6.07) is 17.1. The van der Waals surface area contributed by atoms with Crippen LogP contribution in [-0.4, -0.2) is 46.2 Å². The number of nitrogens with zero attached hydrogens (tertiary/aromatic N) is 2. The summed E-state index contributed by atoms with van der Waals surface area (Å²) in [6.45, 7) is 1.36. The van der Waals surface area contributed by atoms with Gasteiger partial charge in [0, 0.05) is 26.9 Å². The lowest BCUT2D eigenvalue weighted by Crippen LogP contribution is -2.37. The molecular formula is C19H25N3O2S. The Hall–Kier alpha value is -2.34. The molecule has 6 heteroatoms. The van der Waals surface area contributed by atoms with Crippen LogP contribution in [0.25, 0.3) is 0 Å². The van der Waals surface area contributed by atoms with Gasteiger partial charge in [-0.05, 0) is 29.7 Å². The molecule has 0 bridgehead atoms. The molecule has 25 heavy (non-hydrogen) atoms. The molecule has 2 aromatic carbocycles. The van der Waals surface area contributed by atoms with Gasteiger partial charge in [-0.15, -0.1) is 0 Å². The first-order valence-electron chi connectivity index (χ1n) is 8.15. The second kappa shape index (κ2) is 8.67. The molecule has 1 N–H and O–H groups in total. The fraction of sp³-hybridized carbons (Fsp3) is 0.316. The molecular weight excluding hydrogens is 334 g/mol. The van der Waals surface area contributed by atoms with Crippen molar-refractivity contribution in [2.24, 2.45) is 4.99 Å². The molecule has 0 aliphatic heterocycles. The van der Waals surface area contributed by atoms with Crippen LogP contribution in [0, 0.1) is 0 Å². The normalized spacial score (nSPS) is 12.0. The molecule has 0 atom stereocenters. The van der Waals surface area contributed by atoms with E-state index >= 15 is 0 Å². The summed E-state index contributed by atoms with van der Waals surface area (Å²) < 4.78 is 23.0. The summed E-state index contributed by atoms with van der Waals surface area (Å²) in [6.07, 6.45) is 2.01. The number of sulfone groups is 1. The monoisotopic (exact) mass is 359 g/mol. The standard InChI is InChI=1S/C19H25N3O2S/c1-22(2)19(21-15-17-7-5-4-6-8-17)20-14-13-16-9-11-18(12-10-16)25(3,23)24/h4-12H,13-15H2,1-3H3,(H,20,21). The Balaban J connectivity index is 1.91. The lowest BCUT2D eigenvalue weighted by atomic mass is 10.1. The lowest BCUT2D eigenvalue weighted by molar-refractivity contribution is 0.579. The van der Waals surface area contributed by atoms with Crippen molar-refractivity contribution in [3.63, 3.8) is 0 Å². The van der Waals surface area contributed by atoms with Crippen molar-refractivity contribution in [3.8, 4) is 0 Å². The predicted octanol–water partition coefficient (Wildman–Crippen LogP) is 2.34. The van der Waals surface area contributed by atoms with Gasteiger partial charge in [0.15, 0.2) is 15.8 Å². The third-order valence-electron chi connectivity index (χ3n) is 3.73. The number of benzene rings is 2. The van der Waals surface area contributed by atoms with Crippen LogP contribution < -0.4 is 5.32 Å². The van der Waals surface area contributed by atoms with Crippen molar-refractivity contribution < 1.29 is 8.42 Å². The minimum atomic E-state index is -3.14. The van der Waals surface area contributed by atoms with Crippen molar-refractivity contribution in [2.75, 3.05) is 26.9 Å². The highest BCUT2D eigenvalue weighted by molar-refractivity contribution is 7.90. The molecule has 0 saturated heterocycles. The summed E-state index contributed by atoms with van der Waals surface area (Å²) in [4.78, 5) is 6.93. The molecule has 134 valence electrons. The average molecular weight is 359 g/mol. The molecule has 0 spiro atoms. The van der Waals surface area contributed by atoms with Gasteiger partial charge >= 0.3 is 0 Å². The van der Waals surface area contributed by atoms with E-state index in [1.54, 1.807) is 12.1 Å². The van der Waals surface area contributed by atoms with Gasteiger partial charge in [-0.3, -0.25) is 0 Å². The number of aliphatic imine (C=N–C) groups is 1. The van der Waals surface area contributed by atoms with E-state index in [0.29, 0.717) is 11.4 Å². The van der Waals surface area contributed by atoms with Crippen LogP contribution in [0.4, 0.5) is 0 Å². The van der Waals surface area contributed by atoms with Crippen molar-refractivity contribution in [1.29, 1.82) is 0 Å². The Morgan fingerprint density at radius 1 is 1.00 bits per heavy atom. The average Bonchev–Trinajstić information content (AvgIpc) is 2.58. The highest BCUT2D eigenvalue weighted by atomic mass is 32.2. The number of hydrogen-bond donors (Lipinski definition) is 1. The summed E-state index contributed by atoms with van der Waals surface area (Å²) in [5, 5.41) is 3.34. The van der Waals surface area contributed by atoms with Gasteiger partial charge in [0.2, 0.25) is 0 Å². The second-order valence-electron chi connectivity index (χ2n) is 6.11. The molecule has 0 radical (unpaired) electrons. The van der Waals surface area contributed by atoms with Crippen LogP contribution in [0.2, 0.25) is 0 Å². The number of nitrogens with one attached hydrogen (secondary N) is 1. The Kier molecular flexibility index (Phi) is 6.58. The van der Waals surface area contributed by atoms with E-state index in [1.807, 2.05) is 49.3 Å². The van der Waals surface area contributed by atoms with Crippen molar-refractivity contribution in [1.82, 2.24) is 10.2 Å². The van der Waals surface area contributed by atoms with E-state index in [2.05, 4.69) is 22.4 Å². The number of guanidine groups is 1. The molecule has 0 fully saturated rings. The Morgan fingerprint density at radius 3 is 2.20 bits per heavy atom. The topological polar surface area (TPSA) is 61.8 Å². The third kappa shape index (κ3) is 6.23. The van der Waals surface area contributed by atoms with Gasteiger partial charge in [-0.2, -0.15) is 0 Å². The maximum absolute atomic E-state index is 11.5. The molecule has 2 aromatic rings. The SMILES string of the molecule is CN(C)C(=NCc1ccccc1)NCCc1ccc(S(C)(=O)=O)cc1. The Labute approximate surface area is 150 Å². The van der Waals surface area contributed by atoms with Crippen molar-refractivity contribution >= 4 is 15.8 Å². The van der Waals surface area contributed by atoms with Crippen molar-refractivity contribution in [2.45, 2.75) is 17.9 Å². The summed E-state index contributed by atoms with van der Waals surface area (Å²) in [5.41, 5.74) is 2.25. The zero-order valence-electron chi connectivity index (χ0n) is 14.9. The number of rotatable bonds is 6. The molecule has 0 saturated carbocycles. The zero-order valence-corrected chi connectivity index (χ0v) is 15.8. The first-order valence-corrected chi connectivity index (χ1v) is 10.0. The van der Waals surface area contributed by atoms with Gasteiger partial charge in [0.1, 0.15) is 0 Å². The van der Waals surface area contributed by atoms with Crippen LogP contribution in [0.3, 0.4) is 0 Å². The zero-order chi connectivity index (χ0) is 18.3. The fourth-order valence-electron chi connectivity index (χ4n) is 2.33. The highest BCUT2D eigenvalue weighted by Gasteiger charge is 2.06. The minimum Gasteiger partial charge on any atom is -0.356 e. The first kappa shape index (κ1) is 19.0. The summed E-state index contributed by atoms with van der Waals surface area (Å²) in [5.74, 6) is 0.830. The second-order valence-corrected chi connectivity index (χ2v) is 8.13. The summed E-state index contributed by atoms with van der Waals surface area (Å²) in [7, 11) is 0.772. The van der Waals surface area contributed by atoms with Gasteiger partial charge in [-0.25, -0.2) is 13.4 Å². The van der Waals surface area contributed by atoms with E-state index in [-0.39, 0.29) is 0 Å². The molecule has 0 aromatic heterocycles. The van der Waals surface area contributed by atoms with Crippen LogP contribution in [0.5, 0.6) is 0 Å². The van der Waals surface area contributed by atoms with Gasteiger partial charge in [0.25, 0.3) is 0 Å². The Bertz CT molecular complexity index is 798. The van der Waals surface area contributed by atoms with Crippen molar-refractivity contribution in [3.05, 3.63) is 65.7 Å². The van der Waals surface area contributed by atoms with Crippen LogP contribution in [0.15, 0.2) is 64.5 Å². The largest absolute Gasteiger partial charge is 0.356 e. The van der Waals surface area contributed by atoms with E-state index in [0.717, 1.165) is 24.5 Å². The van der Waals surface area contributed by atoms with E-state index < -0.39 is 9.84 Å². The molecule has 0 heterocycles. The first-order chi connectivity index (χ1) is 11.9. The summed E-state index contributed by atoms with van der Waals surface area (Å²) >= 11 is 0. The quantitative estimate of drug-likeness (QED) is 0.635. The van der Waals surface area contributed by atoms with E-state index in [1.165, 1.54) is 11.8 Å². The maximum Gasteiger partial charge on any atom is 0.193 e. The van der Waals surface area contributed by atoms with Gasteiger partial charge in [0.05, 0.1) is 11.4 Å². The highest BCUT2D eigenvalue weighted by Crippen LogP contribution is 2.10. The van der Waals surface area contributed by atoms with Gasteiger partial charge < -0.3 is 10.2 Å². The minimum absolute atomic E-state index is 0.350. The molecule has 0 aliphatic rings. The third-order valence-corrected chi connectivity index (χ3v) is 4.85. The molecule has 0 amide bonds. The smallest absolute Gasteiger partial charge is 0.193 e. The van der Waals surface area contributed by atoms with E-state index in [9.17, 15) is 8.42 Å². The molecule has 2 rings (SSSR count). The maximum atomic E-state index is 11.5. The fourth-order valence-corrected chi connectivity index (χ4v) is 2.96. The van der Waals surface area contributed by atoms with Crippen LogP contribution >= 0.6 is 0 Å².